The molecule has 1 aromatic heterocycles. The Hall–Kier alpha value is -2.34. The molecule has 3 rings (SSSR count). The van der Waals surface area contributed by atoms with Crippen molar-refractivity contribution in [2.24, 2.45) is 0 Å². The van der Waals surface area contributed by atoms with Crippen molar-refractivity contribution in [3.63, 3.8) is 0 Å². The van der Waals surface area contributed by atoms with Gasteiger partial charge < -0.3 is 10.3 Å². The lowest BCUT2D eigenvalue weighted by molar-refractivity contribution is 0.0940. The van der Waals surface area contributed by atoms with E-state index in [0.29, 0.717) is 23.3 Å². The summed E-state index contributed by atoms with van der Waals surface area (Å²) < 4.78 is 13.9. The number of fused-ring (bicyclic) bond motifs is 1. The second kappa shape index (κ2) is 8.57. The molecule has 6 heteroatoms. The SMILES string of the molecule is CCCc1nc2c(C)cc(C(=O)N[C@@H](CS)Cc3ccccc3F)cc2[nH]1. The molecule has 27 heavy (non-hydrogen) atoms. The zero-order chi connectivity index (χ0) is 19.4. The highest BCUT2D eigenvalue weighted by Gasteiger charge is 2.17. The molecule has 0 radical (unpaired) electrons. The maximum atomic E-state index is 13.9. The molecular formula is C21H24FN3OS. The van der Waals surface area contributed by atoms with Crippen molar-refractivity contribution in [1.82, 2.24) is 15.3 Å². The largest absolute Gasteiger partial charge is 0.348 e. The van der Waals surface area contributed by atoms with Crippen molar-refractivity contribution >= 4 is 29.6 Å². The number of carbonyl (C=O) groups is 1. The monoisotopic (exact) mass is 385 g/mol. The van der Waals surface area contributed by atoms with Gasteiger partial charge in [-0.3, -0.25) is 4.79 Å². The van der Waals surface area contributed by atoms with Gasteiger partial charge in [-0.15, -0.1) is 0 Å². The minimum Gasteiger partial charge on any atom is -0.348 e. The molecule has 3 aromatic rings. The summed E-state index contributed by atoms with van der Waals surface area (Å²) in [5.74, 6) is 0.895. The number of hydrogen-bond acceptors (Lipinski definition) is 3. The number of nitrogens with one attached hydrogen (secondary N) is 2. The fourth-order valence-corrected chi connectivity index (χ4v) is 3.41. The number of benzene rings is 2. The highest BCUT2D eigenvalue weighted by atomic mass is 32.1. The van der Waals surface area contributed by atoms with Crippen molar-refractivity contribution < 1.29 is 9.18 Å². The van der Waals surface area contributed by atoms with Crippen molar-refractivity contribution in [3.05, 3.63) is 64.7 Å². The molecule has 1 atom stereocenters. The molecule has 0 aliphatic heterocycles. The van der Waals surface area contributed by atoms with Crippen molar-refractivity contribution in [2.45, 2.75) is 39.2 Å². The highest BCUT2D eigenvalue weighted by Crippen LogP contribution is 2.20. The van der Waals surface area contributed by atoms with Gasteiger partial charge in [-0.05, 0) is 49.1 Å². The second-order valence-corrected chi connectivity index (χ2v) is 7.14. The predicted molar refractivity (Wildman–Crippen MR) is 110 cm³/mol. The molecule has 0 saturated carbocycles. The van der Waals surface area contributed by atoms with E-state index in [4.69, 9.17) is 0 Å². The Morgan fingerprint density at radius 3 is 2.81 bits per heavy atom. The lowest BCUT2D eigenvalue weighted by Gasteiger charge is -2.17. The zero-order valence-corrected chi connectivity index (χ0v) is 16.4. The molecule has 0 aliphatic rings. The lowest BCUT2D eigenvalue weighted by Crippen LogP contribution is -2.38. The number of H-pyrrole nitrogens is 1. The van der Waals surface area contributed by atoms with Crippen LogP contribution in [0, 0.1) is 12.7 Å². The Labute approximate surface area is 164 Å². The summed E-state index contributed by atoms with van der Waals surface area (Å²) in [6.45, 7) is 4.05. The van der Waals surface area contributed by atoms with Crippen LogP contribution in [0.15, 0.2) is 36.4 Å². The van der Waals surface area contributed by atoms with E-state index in [1.807, 2.05) is 19.1 Å². The van der Waals surface area contributed by atoms with Gasteiger partial charge in [0.05, 0.1) is 11.0 Å². The third-order valence-corrected chi connectivity index (χ3v) is 5.00. The van der Waals surface area contributed by atoms with Gasteiger partial charge in [0.2, 0.25) is 0 Å². The van der Waals surface area contributed by atoms with Crippen LogP contribution in [0.2, 0.25) is 0 Å². The minimum absolute atomic E-state index is 0.193. The lowest BCUT2D eigenvalue weighted by atomic mass is 10.0. The van der Waals surface area contributed by atoms with Crippen LogP contribution in [0.25, 0.3) is 11.0 Å². The number of imidazole rings is 1. The van der Waals surface area contributed by atoms with E-state index in [9.17, 15) is 9.18 Å². The van der Waals surface area contributed by atoms with Gasteiger partial charge in [-0.1, -0.05) is 25.1 Å². The van der Waals surface area contributed by atoms with E-state index in [1.165, 1.54) is 6.07 Å². The molecule has 1 heterocycles. The van der Waals surface area contributed by atoms with Crippen LogP contribution in [0.5, 0.6) is 0 Å². The maximum Gasteiger partial charge on any atom is 0.251 e. The van der Waals surface area contributed by atoms with Crippen molar-refractivity contribution in [2.75, 3.05) is 5.75 Å². The van der Waals surface area contributed by atoms with E-state index in [-0.39, 0.29) is 17.8 Å². The second-order valence-electron chi connectivity index (χ2n) is 6.77. The van der Waals surface area contributed by atoms with Crippen LogP contribution >= 0.6 is 12.6 Å². The number of hydrogen-bond donors (Lipinski definition) is 3. The first-order valence-electron chi connectivity index (χ1n) is 9.16. The third-order valence-electron chi connectivity index (χ3n) is 4.55. The van der Waals surface area contributed by atoms with E-state index in [1.54, 1.807) is 18.2 Å². The molecule has 2 aromatic carbocycles. The van der Waals surface area contributed by atoms with Crippen LogP contribution in [0.1, 0.15) is 40.7 Å². The van der Waals surface area contributed by atoms with Crippen molar-refractivity contribution in [3.8, 4) is 0 Å². The molecule has 1 amide bonds. The van der Waals surface area contributed by atoms with Gasteiger partial charge >= 0.3 is 0 Å². The maximum absolute atomic E-state index is 13.9. The number of aromatic amines is 1. The molecule has 0 spiro atoms. The summed E-state index contributed by atoms with van der Waals surface area (Å²) in [7, 11) is 0. The molecule has 0 bridgehead atoms. The summed E-state index contributed by atoms with van der Waals surface area (Å²) in [5.41, 5.74) is 3.84. The van der Waals surface area contributed by atoms with Crippen LogP contribution in [-0.4, -0.2) is 27.7 Å². The number of carbonyl (C=O) groups excluding carboxylic acids is 1. The Balaban J connectivity index is 1.79. The standard InChI is InChI=1S/C21H24FN3OS/c1-3-6-19-24-18-11-15(9-13(2)20(18)25-19)21(26)23-16(12-27)10-14-7-4-5-8-17(14)22/h4-5,7-9,11,16,27H,3,6,10,12H2,1-2H3,(H,23,26)(H,24,25)/t16-/m1/s1. The molecule has 142 valence electrons. The molecular weight excluding hydrogens is 361 g/mol. The first-order chi connectivity index (χ1) is 13.0. The first-order valence-corrected chi connectivity index (χ1v) is 9.79. The number of amides is 1. The number of rotatable bonds is 7. The van der Waals surface area contributed by atoms with E-state index in [0.717, 1.165) is 35.3 Å². The fourth-order valence-electron chi connectivity index (χ4n) is 3.19. The Kier molecular flexibility index (Phi) is 6.16. The number of halogens is 1. The summed E-state index contributed by atoms with van der Waals surface area (Å²) in [6.07, 6.45) is 2.28. The Morgan fingerprint density at radius 2 is 2.11 bits per heavy atom. The van der Waals surface area contributed by atoms with Gasteiger partial charge in [0.1, 0.15) is 11.6 Å². The average molecular weight is 386 g/mol. The van der Waals surface area contributed by atoms with Gasteiger partial charge in [-0.25, -0.2) is 9.37 Å². The van der Waals surface area contributed by atoms with E-state index < -0.39 is 0 Å². The van der Waals surface area contributed by atoms with Gasteiger partial charge in [0.25, 0.3) is 5.91 Å². The van der Waals surface area contributed by atoms with Gasteiger partial charge in [0.15, 0.2) is 0 Å². The summed E-state index contributed by atoms with van der Waals surface area (Å²) in [6, 6.07) is 10.0. The van der Waals surface area contributed by atoms with Crippen LogP contribution in [0.3, 0.4) is 0 Å². The zero-order valence-electron chi connectivity index (χ0n) is 15.6. The molecule has 4 nitrogen and oxygen atoms in total. The predicted octanol–water partition coefficient (Wildman–Crippen LogP) is 4.23. The summed E-state index contributed by atoms with van der Waals surface area (Å²) >= 11 is 4.32. The highest BCUT2D eigenvalue weighted by molar-refractivity contribution is 7.80. The molecule has 0 aliphatic carbocycles. The van der Waals surface area contributed by atoms with Gasteiger partial charge in [0, 0.05) is 23.8 Å². The summed E-state index contributed by atoms with van der Waals surface area (Å²) in [4.78, 5) is 20.6. The molecule has 2 N–H and O–H groups in total. The molecule has 0 saturated heterocycles. The Morgan fingerprint density at radius 1 is 1.33 bits per heavy atom. The van der Waals surface area contributed by atoms with E-state index >= 15 is 0 Å². The van der Waals surface area contributed by atoms with Crippen LogP contribution in [-0.2, 0) is 12.8 Å². The topological polar surface area (TPSA) is 57.8 Å². The van der Waals surface area contributed by atoms with Crippen LogP contribution in [0.4, 0.5) is 4.39 Å². The number of thiol groups is 1. The van der Waals surface area contributed by atoms with Gasteiger partial charge in [-0.2, -0.15) is 12.6 Å². The quantitative estimate of drug-likeness (QED) is 0.533. The molecule has 0 fully saturated rings. The van der Waals surface area contributed by atoms with Crippen molar-refractivity contribution in [1.29, 1.82) is 0 Å². The van der Waals surface area contributed by atoms with E-state index in [2.05, 4.69) is 34.8 Å². The normalized spacial score (nSPS) is 12.3. The number of nitrogens with zero attached hydrogens (tertiary/aromatic N) is 1. The minimum atomic E-state index is -0.267. The molecule has 0 unspecified atom stereocenters. The average Bonchev–Trinajstić information content (AvgIpc) is 3.06. The Bertz CT molecular complexity index is 954. The third kappa shape index (κ3) is 4.50. The summed E-state index contributed by atoms with van der Waals surface area (Å²) in [5, 5.41) is 2.97. The number of aryl methyl sites for hydroxylation is 2. The smallest absolute Gasteiger partial charge is 0.251 e. The first kappa shape index (κ1) is 19.4. The van der Waals surface area contributed by atoms with Crippen LogP contribution < -0.4 is 5.32 Å². The number of aromatic nitrogens is 2. The fraction of sp³-hybridized carbons (Fsp3) is 0.333.